The van der Waals surface area contributed by atoms with Crippen molar-refractivity contribution in [2.24, 2.45) is 5.41 Å². The van der Waals surface area contributed by atoms with Gasteiger partial charge in [-0.25, -0.2) is 17.9 Å². The van der Waals surface area contributed by atoms with Gasteiger partial charge in [0.2, 0.25) is 0 Å². The molecule has 2 amide bonds. The van der Waals surface area contributed by atoms with Crippen LogP contribution in [0.1, 0.15) is 18.4 Å². The summed E-state index contributed by atoms with van der Waals surface area (Å²) in [7, 11) is -3.14. The Balaban J connectivity index is 1.57. The number of rotatable bonds is 3. The molecule has 1 spiro atoms. The Morgan fingerprint density at radius 1 is 1.15 bits per heavy atom. The number of amides is 2. The minimum absolute atomic E-state index is 0.262. The summed E-state index contributed by atoms with van der Waals surface area (Å²) in [5, 5.41) is 0. The van der Waals surface area contributed by atoms with E-state index in [-0.39, 0.29) is 12.6 Å². The summed E-state index contributed by atoms with van der Waals surface area (Å²) in [6.07, 6.45) is 1.71. The molecule has 34 heavy (non-hydrogen) atoms. The van der Waals surface area contributed by atoms with Gasteiger partial charge in [0.15, 0.2) is 0 Å². The van der Waals surface area contributed by atoms with Crippen LogP contribution in [0.15, 0.2) is 48.5 Å². The van der Waals surface area contributed by atoms with Crippen LogP contribution in [-0.2, 0) is 16.4 Å². The fourth-order valence-corrected chi connectivity index (χ4v) is 6.05. The Bertz CT molecular complexity index is 1200. The second kappa shape index (κ2) is 8.49. The van der Waals surface area contributed by atoms with Gasteiger partial charge in [-0.1, -0.05) is 42.5 Å². The van der Waals surface area contributed by atoms with Crippen LogP contribution in [0.5, 0.6) is 5.75 Å². The second-order valence-corrected chi connectivity index (χ2v) is 11.1. The van der Waals surface area contributed by atoms with E-state index in [4.69, 9.17) is 4.74 Å². The van der Waals surface area contributed by atoms with Crippen molar-refractivity contribution in [3.8, 4) is 16.9 Å². The molecule has 2 aromatic carbocycles. The van der Waals surface area contributed by atoms with Crippen molar-refractivity contribution < 1.29 is 26.7 Å². The second-order valence-electron chi connectivity index (χ2n) is 9.41. The summed E-state index contributed by atoms with van der Waals surface area (Å²) in [4.78, 5) is 16.6. The molecule has 10 heteroatoms. The van der Waals surface area contributed by atoms with Crippen molar-refractivity contribution in [2.75, 3.05) is 26.7 Å². The first-order chi connectivity index (χ1) is 16.2. The molecular weight excluding hydrogens is 464 g/mol. The first-order valence-corrected chi connectivity index (χ1v) is 12.9. The number of fused-ring (bicyclic) bond motifs is 5. The molecule has 1 N–H and O–H groups in total. The fourth-order valence-electron chi connectivity index (χ4n) is 5.19. The highest BCUT2D eigenvalue weighted by atomic mass is 32.2. The van der Waals surface area contributed by atoms with Gasteiger partial charge in [0, 0.05) is 24.6 Å². The first kappa shape index (κ1) is 23.0. The molecule has 2 aliphatic heterocycles. The normalized spacial score (nSPS) is 24.1. The van der Waals surface area contributed by atoms with Crippen LogP contribution < -0.4 is 9.46 Å². The molecule has 7 nitrogen and oxygen atoms in total. The Kier molecular flexibility index (Phi) is 5.76. The third kappa shape index (κ3) is 4.13. The van der Waals surface area contributed by atoms with Gasteiger partial charge >= 0.3 is 11.8 Å². The molecule has 2 fully saturated rings. The predicted octanol–water partition coefficient (Wildman–Crippen LogP) is 3.32. The molecule has 2 aromatic rings. The zero-order valence-electron chi connectivity index (χ0n) is 18.8. The molecule has 2 bridgehead atoms. The number of ether oxygens (including phenoxy) is 1. The standard InChI is InChI=1S/C24H27F2N3O4S/c1-28-11-12-33-20-8-3-2-7-18(20)17-6-4-5-16(13-17)14-19-21(27-34(31,32)22(25)26)24(9-10-24)15-29(19)23(28)30/h2-8,13,19,21-22,27H,9-12,14-15H2,1H3/t19-,21+/m0/s1. The molecule has 0 aromatic heterocycles. The number of halogens is 2. The topological polar surface area (TPSA) is 79.0 Å². The van der Waals surface area contributed by atoms with Crippen molar-refractivity contribution in [3.63, 3.8) is 0 Å². The fraction of sp³-hybridized carbons (Fsp3) is 0.458. The number of carbonyl (C=O) groups is 1. The number of carbonyl (C=O) groups excluding carboxylic acids is 1. The van der Waals surface area contributed by atoms with Crippen molar-refractivity contribution in [1.29, 1.82) is 0 Å². The molecule has 0 unspecified atom stereocenters. The highest BCUT2D eigenvalue weighted by Gasteiger charge is 2.62. The third-order valence-corrected chi connectivity index (χ3v) is 8.23. The summed E-state index contributed by atoms with van der Waals surface area (Å²) in [6.45, 7) is 0.941. The smallest absolute Gasteiger partial charge is 0.350 e. The van der Waals surface area contributed by atoms with E-state index in [0.29, 0.717) is 38.1 Å². The van der Waals surface area contributed by atoms with E-state index in [1.54, 1.807) is 16.8 Å². The lowest BCUT2D eigenvalue weighted by molar-refractivity contribution is 0.146. The predicted molar refractivity (Wildman–Crippen MR) is 123 cm³/mol. The van der Waals surface area contributed by atoms with Crippen LogP contribution in [-0.4, -0.2) is 68.8 Å². The van der Waals surface area contributed by atoms with Crippen molar-refractivity contribution >= 4 is 16.1 Å². The maximum atomic E-state index is 13.4. The van der Waals surface area contributed by atoms with Gasteiger partial charge in [0.05, 0.1) is 18.6 Å². The largest absolute Gasteiger partial charge is 0.491 e. The molecule has 1 saturated heterocycles. The minimum Gasteiger partial charge on any atom is -0.491 e. The summed E-state index contributed by atoms with van der Waals surface area (Å²) in [5.74, 6) is -2.82. The van der Waals surface area contributed by atoms with Crippen LogP contribution in [0, 0.1) is 5.41 Å². The summed E-state index contributed by atoms with van der Waals surface area (Å²) in [6, 6.07) is 13.8. The Hall–Kier alpha value is -2.72. The van der Waals surface area contributed by atoms with E-state index in [1.807, 2.05) is 48.5 Å². The van der Waals surface area contributed by atoms with E-state index >= 15 is 0 Å². The van der Waals surface area contributed by atoms with Crippen LogP contribution >= 0.6 is 0 Å². The van der Waals surface area contributed by atoms with Crippen LogP contribution in [0.2, 0.25) is 0 Å². The van der Waals surface area contributed by atoms with Crippen molar-refractivity contribution in [3.05, 3.63) is 54.1 Å². The van der Waals surface area contributed by atoms with Gasteiger partial charge in [-0.15, -0.1) is 0 Å². The molecule has 3 aliphatic rings. The van der Waals surface area contributed by atoms with Gasteiger partial charge in [0.25, 0.3) is 10.0 Å². The number of sulfonamides is 1. The molecule has 2 heterocycles. The number of alkyl halides is 2. The lowest BCUT2D eigenvalue weighted by Gasteiger charge is -2.32. The van der Waals surface area contributed by atoms with Crippen molar-refractivity contribution in [2.45, 2.75) is 37.1 Å². The number of hydrogen-bond acceptors (Lipinski definition) is 4. The molecule has 2 atom stereocenters. The van der Waals surface area contributed by atoms with Crippen LogP contribution in [0.3, 0.4) is 0 Å². The van der Waals surface area contributed by atoms with Gasteiger partial charge in [-0.3, -0.25) is 0 Å². The number of nitrogens with zero attached hydrogens (tertiary/aromatic N) is 2. The number of nitrogens with one attached hydrogen (secondary N) is 1. The van der Waals surface area contributed by atoms with Crippen LogP contribution in [0.4, 0.5) is 13.6 Å². The van der Waals surface area contributed by atoms with E-state index in [9.17, 15) is 22.0 Å². The molecule has 1 aliphatic carbocycles. The zero-order valence-corrected chi connectivity index (χ0v) is 19.6. The highest BCUT2D eigenvalue weighted by molar-refractivity contribution is 7.89. The number of para-hydroxylation sites is 1. The van der Waals surface area contributed by atoms with Gasteiger partial charge in [-0.05, 0) is 36.5 Å². The Morgan fingerprint density at radius 2 is 1.91 bits per heavy atom. The van der Waals surface area contributed by atoms with E-state index in [0.717, 1.165) is 16.7 Å². The summed E-state index contributed by atoms with van der Waals surface area (Å²) in [5.41, 5.74) is 2.22. The van der Waals surface area contributed by atoms with E-state index < -0.39 is 33.3 Å². The number of hydrogen-bond donors (Lipinski definition) is 1. The lowest BCUT2D eigenvalue weighted by atomic mass is 9.91. The summed E-state index contributed by atoms with van der Waals surface area (Å²) < 4.78 is 59.2. The quantitative estimate of drug-likeness (QED) is 0.715. The maximum Gasteiger partial charge on any atom is 0.350 e. The van der Waals surface area contributed by atoms with Gasteiger partial charge in [-0.2, -0.15) is 8.78 Å². The summed E-state index contributed by atoms with van der Waals surface area (Å²) >= 11 is 0. The number of urea groups is 1. The van der Waals surface area contributed by atoms with Gasteiger partial charge < -0.3 is 14.5 Å². The highest BCUT2D eigenvalue weighted by Crippen LogP contribution is 2.56. The minimum atomic E-state index is -4.82. The molecule has 5 rings (SSSR count). The van der Waals surface area contributed by atoms with E-state index in [1.165, 1.54) is 0 Å². The lowest BCUT2D eigenvalue weighted by Crippen LogP contribution is -2.52. The monoisotopic (exact) mass is 491 g/mol. The third-order valence-electron chi connectivity index (χ3n) is 7.17. The Labute approximate surface area is 197 Å². The van der Waals surface area contributed by atoms with Crippen molar-refractivity contribution in [1.82, 2.24) is 14.5 Å². The van der Waals surface area contributed by atoms with Crippen LogP contribution in [0.25, 0.3) is 11.1 Å². The zero-order chi connectivity index (χ0) is 24.1. The molecule has 1 saturated carbocycles. The molecule has 182 valence electrons. The Morgan fingerprint density at radius 3 is 2.65 bits per heavy atom. The molecule has 0 radical (unpaired) electrons. The first-order valence-electron chi connectivity index (χ1n) is 11.3. The SMILES string of the molecule is CN1CCOc2ccccc2-c2cccc(c2)C[C@H]2[C@@H](NS(=O)(=O)C(F)F)C3(CC3)CN2C1=O. The average Bonchev–Trinajstić information content (AvgIpc) is 3.54. The van der Waals surface area contributed by atoms with E-state index in [2.05, 4.69) is 4.72 Å². The number of benzene rings is 2. The number of likely N-dealkylation sites (N-methyl/N-ethyl adjacent to an activating group) is 1. The maximum absolute atomic E-state index is 13.4. The molecular formula is C24H27F2N3O4S. The van der Waals surface area contributed by atoms with Gasteiger partial charge in [0.1, 0.15) is 12.4 Å². The average molecular weight is 492 g/mol.